The van der Waals surface area contributed by atoms with Crippen LogP contribution in [0.2, 0.25) is 0 Å². The van der Waals surface area contributed by atoms with Crippen molar-refractivity contribution in [3.63, 3.8) is 0 Å². The van der Waals surface area contributed by atoms with Crippen LogP contribution < -0.4 is 4.74 Å². The number of methoxy groups -OCH3 is 1. The zero-order valence-corrected chi connectivity index (χ0v) is 10.4. The van der Waals surface area contributed by atoms with Gasteiger partial charge in [-0.2, -0.15) is 0 Å². The summed E-state index contributed by atoms with van der Waals surface area (Å²) < 4.78 is 22.3. The van der Waals surface area contributed by atoms with Gasteiger partial charge in [0.25, 0.3) is 5.79 Å². The molecule has 2 saturated heterocycles. The summed E-state index contributed by atoms with van der Waals surface area (Å²) in [6.07, 6.45) is 0.542. The maximum absolute atomic E-state index is 10.8. The summed E-state index contributed by atoms with van der Waals surface area (Å²) >= 11 is 0. The fourth-order valence-corrected chi connectivity index (χ4v) is 2.92. The van der Waals surface area contributed by atoms with Gasteiger partial charge in [-0.15, -0.1) is 0 Å². The number of hydrogen-bond acceptors (Lipinski definition) is 5. The number of aliphatic hydroxyl groups is 1. The molecule has 5 heteroatoms. The second kappa shape index (κ2) is 3.80. The lowest BCUT2D eigenvalue weighted by Crippen LogP contribution is -2.59. The number of benzene rings is 1. The molecule has 4 atom stereocenters. The van der Waals surface area contributed by atoms with Crippen molar-refractivity contribution in [2.75, 3.05) is 13.7 Å². The van der Waals surface area contributed by atoms with E-state index < -0.39 is 12.1 Å². The molecule has 2 bridgehead atoms. The van der Waals surface area contributed by atoms with Crippen molar-refractivity contribution in [3.8, 4) is 5.75 Å². The summed E-state index contributed by atoms with van der Waals surface area (Å²) in [6, 6.07) is 7.53. The third-order valence-corrected chi connectivity index (χ3v) is 3.84. The third-order valence-electron chi connectivity index (χ3n) is 3.84. The molecule has 5 nitrogen and oxygen atoms in total. The summed E-state index contributed by atoms with van der Waals surface area (Å²) in [5.41, 5.74) is 1.58. The van der Waals surface area contributed by atoms with Gasteiger partial charge in [-0.3, -0.25) is 0 Å². The first kappa shape index (κ1) is 11.4. The van der Waals surface area contributed by atoms with E-state index in [2.05, 4.69) is 0 Å². The highest BCUT2D eigenvalue weighted by Crippen LogP contribution is 2.46. The van der Waals surface area contributed by atoms with Crippen LogP contribution in [-0.4, -0.2) is 43.1 Å². The van der Waals surface area contributed by atoms with E-state index in [9.17, 15) is 5.11 Å². The van der Waals surface area contributed by atoms with Crippen molar-refractivity contribution >= 4 is 6.08 Å². The summed E-state index contributed by atoms with van der Waals surface area (Å²) in [4.78, 5) is 0. The van der Waals surface area contributed by atoms with E-state index in [0.717, 1.165) is 5.56 Å². The number of fused-ring (bicyclic) bond motifs is 5. The van der Waals surface area contributed by atoms with Gasteiger partial charge in [0, 0.05) is 18.2 Å². The fraction of sp³-hybridized carbons (Fsp3) is 0.429. The van der Waals surface area contributed by atoms with Gasteiger partial charge in [0.2, 0.25) is 6.29 Å². The Hall–Kier alpha value is -1.40. The number of rotatable bonds is 1. The summed E-state index contributed by atoms with van der Waals surface area (Å²) in [5, 5.41) is 10.8. The van der Waals surface area contributed by atoms with Gasteiger partial charge in [0.15, 0.2) is 0 Å². The summed E-state index contributed by atoms with van der Waals surface area (Å²) in [5.74, 6) is -0.997. The van der Waals surface area contributed by atoms with Crippen LogP contribution in [0.3, 0.4) is 0 Å². The van der Waals surface area contributed by atoms with Crippen LogP contribution in [0.5, 0.6) is 5.75 Å². The Morgan fingerprint density at radius 2 is 2.21 bits per heavy atom. The third kappa shape index (κ3) is 1.44. The van der Waals surface area contributed by atoms with Gasteiger partial charge in [-0.05, 0) is 12.1 Å². The minimum absolute atomic E-state index is 0.199. The Morgan fingerprint density at radius 1 is 1.37 bits per heavy atom. The second-order valence-corrected chi connectivity index (χ2v) is 4.93. The largest absolute Gasteiger partial charge is 0.452 e. The Balaban J connectivity index is 1.88. The van der Waals surface area contributed by atoms with Crippen LogP contribution in [0.25, 0.3) is 6.08 Å². The second-order valence-electron chi connectivity index (χ2n) is 4.93. The molecule has 2 fully saturated rings. The summed E-state index contributed by atoms with van der Waals surface area (Å²) in [6.45, 7) is 0.391. The Bertz CT molecular complexity index is 555. The normalized spacial score (nSPS) is 39.1. The van der Waals surface area contributed by atoms with Crippen LogP contribution in [0.15, 0.2) is 29.8 Å². The standard InChI is InChI=1S/C14H14O5/c1-16-12-9-6-8-4-2-3-5-10(8)19-14(9,15)13-17-7-11(12)18-13/h2-6,11-13,15H,7H2,1H3/t11-,12+,13-,14+/m1/s1. The zero-order valence-electron chi connectivity index (χ0n) is 10.4. The highest BCUT2D eigenvalue weighted by Gasteiger charge is 2.60. The van der Waals surface area contributed by atoms with Crippen molar-refractivity contribution in [3.05, 3.63) is 35.4 Å². The molecule has 19 heavy (non-hydrogen) atoms. The van der Waals surface area contributed by atoms with E-state index in [1.165, 1.54) is 0 Å². The fourth-order valence-electron chi connectivity index (χ4n) is 2.92. The first-order valence-electron chi connectivity index (χ1n) is 6.25. The molecule has 0 amide bonds. The SMILES string of the molecule is CO[C@H]1C2=Cc3ccccc3O[C@]2(O)[C@@H]2OC[C@H]1O2. The molecule has 1 aromatic rings. The van der Waals surface area contributed by atoms with Gasteiger partial charge in [0.1, 0.15) is 18.0 Å². The molecule has 3 heterocycles. The van der Waals surface area contributed by atoms with Crippen molar-refractivity contribution in [2.24, 2.45) is 0 Å². The topological polar surface area (TPSA) is 57.2 Å². The van der Waals surface area contributed by atoms with Crippen LogP contribution in [0, 0.1) is 0 Å². The molecular weight excluding hydrogens is 248 g/mol. The van der Waals surface area contributed by atoms with Crippen molar-refractivity contribution in [1.82, 2.24) is 0 Å². The van der Waals surface area contributed by atoms with E-state index in [-0.39, 0.29) is 12.2 Å². The van der Waals surface area contributed by atoms with Gasteiger partial charge in [-0.1, -0.05) is 18.2 Å². The first-order valence-corrected chi connectivity index (χ1v) is 6.25. The molecule has 0 radical (unpaired) electrons. The predicted molar refractivity (Wildman–Crippen MR) is 65.4 cm³/mol. The van der Waals surface area contributed by atoms with Crippen LogP contribution in [0.4, 0.5) is 0 Å². The molecule has 0 aromatic heterocycles. The first-order chi connectivity index (χ1) is 9.22. The molecule has 4 rings (SSSR count). The van der Waals surface area contributed by atoms with E-state index in [4.69, 9.17) is 18.9 Å². The Morgan fingerprint density at radius 3 is 3.05 bits per heavy atom. The Kier molecular flexibility index (Phi) is 2.29. The maximum Gasteiger partial charge on any atom is 0.285 e. The van der Waals surface area contributed by atoms with Crippen molar-refractivity contribution < 1.29 is 24.1 Å². The Labute approximate surface area is 110 Å². The summed E-state index contributed by atoms with van der Waals surface area (Å²) in [7, 11) is 1.59. The monoisotopic (exact) mass is 262 g/mol. The van der Waals surface area contributed by atoms with Crippen LogP contribution in [-0.2, 0) is 14.2 Å². The zero-order chi connectivity index (χ0) is 13.0. The van der Waals surface area contributed by atoms with Crippen molar-refractivity contribution in [1.29, 1.82) is 0 Å². The number of ether oxygens (including phenoxy) is 4. The average molecular weight is 262 g/mol. The minimum Gasteiger partial charge on any atom is -0.452 e. The van der Waals surface area contributed by atoms with Gasteiger partial charge < -0.3 is 24.1 Å². The number of hydrogen-bond donors (Lipinski definition) is 1. The molecule has 0 aliphatic carbocycles. The highest BCUT2D eigenvalue weighted by atomic mass is 16.8. The highest BCUT2D eigenvalue weighted by molar-refractivity contribution is 5.65. The lowest BCUT2D eigenvalue weighted by Gasteiger charge is -2.43. The van der Waals surface area contributed by atoms with E-state index in [0.29, 0.717) is 17.9 Å². The van der Waals surface area contributed by atoms with Crippen LogP contribution in [0.1, 0.15) is 5.56 Å². The molecule has 1 aromatic carbocycles. The molecule has 0 unspecified atom stereocenters. The lowest BCUT2D eigenvalue weighted by atomic mass is 9.89. The molecule has 1 N–H and O–H groups in total. The van der Waals surface area contributed by atoms with Gasteiger partial charge in [0.05, 0.1) is 6.61 Å². The van der Waals surface area contributed by atoms with E-state index in [1.807, 2.05) is 30.3 Å². The average Bonchev–Trinajstić information content (AvgIpc) is 2.86. The quantitative estimate of drug-likeness (QED) is 0.815. The lowest BCUT2D eigenvalue weighted by molar-refractivity contribution is -0.280. The number of para-hydroxylation sites is 1. The molecular formula is C14H14O5. The maximum atomic E-state index is 10.8. The molecule has 0 spiro atoms. The van der Waals surface area contributed by atoms with E-state index >= 15 is 0 Å². The van der Waals surface area contributed by atoms with Crippen LogP contribution >= 0.6 is 0 Å². The molecule has 3 aliphatic heterocycles. The molecule has 100 valence electrons. The van der Waals surface area contributed by atoms with Crippen molar-refractivity contribution in [2.45, 2.75) is 24.3 Å². The molecule has 0 saturated carbocycles. The van der Waals surface area contributed by atoms with E-state index in [1.54, 1.807) is 7.11 Å². The van der Waals surface area contributed by atoms with Gasteiger partial charge in [-0.25, -0.2) is 0 Å². The van der Waals surface area contributed by atoms with Gasteiger partial charge >= 0.3 is 0 Å². The molecule has 3 aliphatic rings. The minimum atomic E-state index is -1.61. The predicted octanol–water partition coefficient (Wildman–Crippen LogP) is 0.921. The smallest absolute Gasteiger partial charge is 0.285 e.